The molecule has 0 atom stereocenters. The molecule has 1 aliphatic heterocycles. The van der Waals surface area contributed by atoms with E-state index in [1.54, 1.807) is 0 Å². The highest BCUT2D eigenvalue weighted by Crippen LogP contribution is 2.07. The number of rotatable bonds is 4. The van der Waals surface area contributed by atoms with Crippen molar-refractivity contribution in [3.63, 3.8) is 0 Å². The Kier molecular flexibility index (Phi) is 4.15. The summed E-state index contributed by atoms with van der Waals surface area (Å²) >= 11 is 0. The highest BCUT2D eigenvalue weighted by Gasteiger charge is 2.14. The van der Waals surface area contributed by atoms with Crippen LogP contribution in [0.25, 0.3) is 0 Å². The van der Waals surface area contributed by atoms with Crippen molar-refractivity contribution in [3.8, 4) is 0 Å². The molecule has 0 aliphatic carbocycles. The molecule has 1 saturated heterocycles. The molecule has 1 heterocycles. The second kappa shape index (κ2) is 5.82. The second-order valence-corrected chi connectivity index (χ2v) is 4.69. The molecule has 1 N–H and O–H groups in total. The van der Waals surface area contributed by atoms with E-state index in [0.29, 0.717) is 13.1 Å². The Morgan fingerprint density at radius 2 is 2.00 bits per heavy atom. The van der Waals surface area contributed by atoms with Gasteiger partial charge in [-0.1, -0.05) is 24.3 Å². The number of carbonyl (C=O) groups excluding carboxylic acids is 1. The van der Waals surface area contributed by atoms with Crippen LogP contribution in [0.4, 0.5) is 0 Å². The molecular weight excluding hydrogens is 212 g/mol. The summed E-state index contributed by atoms with van der Waals surface area (Å²) in [5.74, 6) is 0.134. The van der Waals surface area contributed by atoms with E-state index in [4.69, 9.17) is 0 Å². The van der Waals surface area contributed by atoms with Crippen LogP contribution in [0.15, 0.2) is 24.3 Å². The van der Waals surface area contributed by atoms with Crippen LogP contribution < -0.4 is 5.32 Å². The monoisotopic (exact) mass is 232 g/mol. The Morgan fingerprint density at radius 1 is 1.29 bits per heavy atom. The number of benzene rings is 1. The van der Waals surface area contributed by atoms with Crippen LogP contribution in [0.3, 0.4) is 0 Å². The normalized spacial score (nSPS) is 16.1. The molecule has 17 heavy (non-hydrogen) atoms. The fourth-order valence-corrected chi connectivity index (χ4v) is 2.20. The summed E-state index contributed by atoms with van der Waals surface area (Å²) in [5.41, 5.74) is 2.43. The molecule has 1 fully saturated rings. The number of likely N-dealkylation sites (tertiary alicyclic amines) is 1. The molecule has 92 valence electrons. The van der Waals surface area contributed by atoms with Gasteiger partial charge in [0.25, 0.3) is 0 Å². The Labute approximate surface area is 103 Å². The topological polar surface area (TPSA) is 32.3 Å². The molecule has 0 aromatic heterocycles. The lowest BCUT2D eigenvalue weighted by Crippen LogP contribution is -2.35. The first-order valence-electron chi connectivity index (χ1n) is 6.29. The number of amides is 1. The lowest BCUT2D eigenvalue weighted by Gasteiger charge is -2.14. The first kappa shape index (κ1) is 12.1. The van der Waals surface area contributed by atoms with Gasteiger partial charge < -0.3 is 5.32 Å². The molecule has 1 aliphatic rings. The van der Waals surface area contributed by atoms with Gasteiger partial charge in [0.2, 0.25) is 5.91 Å². The van der Waals surface area contributed by atoms with Gasteiger partial charge in [0.1, 0.15) is 0 Å². The smallest absolute Gasteiger partial charge is 0.234 e. The number of hydrogen-bond acceptors (Lipinski definition) is 2. The van der Waals surface area contributed by atoms with Gasteiger partial charge in [-0.15, -0.1) is 0 Å². The molecule has 0 spiro atoms. The fraction of sp³-hybridized carbons (Fsp3) is 0.500. The molecule has 3 nitrogen and oxygen atoms in total. The lowest BCUT2D eigenvalue weighted by atomic mass is 10.1. The zero-order chi connectivity index (χ0) is 12.1. The summed E-state index contributed by atoms with van der Waals surface area (Å²) in [7, 11) is 0. The van der Waals surface area contributed by atoms with Crippen LogP contribution in [0.5, 0.6) is 0 Å². The SMILES string of the molecule is Cc1ccccc1CNC(=O)CN1CCCC1. The van der Waals surface area contributed by atoms with E-state index in [0.717, 1.165) is 13.1 Å². The lowest BCUT2D eigenvalue weighted by molar-refractivity contribution is -0.122. The Balaban J connectivity index is 1.77. The standard InChI is InChI=1S/C14H20N2O/c1-12-6-2-3-7-13(12)10-15-14(17)11-16-8-4-5-9-16/h2-3,6-7H,4-5,8-11H2,1H3,(H,15,17). The highest BCUT2D eigenvalue weighted by molar-refractivity contribution is 5.78. The van der Waals surface area contributed by atoms with Crippen molar-refractivity contribution in [2.45, 2.75) is 26.3 Å². The number of hydrogen-bond donors (Lipinski definition) is 1. The average Bonchev–Trinajstić information content (AvgIpc) is 2.81. The van der Waals surface area contributed by atoms with E-state index in [-0.39, 0.29) is 5.91 Å². The summed E-state index contributed by atoms with van der Waals surface area (Å²) in [6.07, 6.45) is 2.45. The first-order chi connectivity index (χ1) is 8.25. The maximum Gasteiger partial charge on any atom is 0.234 e. The van der Waals surface area contributed by atoms with Crippen LogP contribution in [-0.2, 0) is 11.3 Å². The van der Waals surface area contributed by atoms with E-state index in [9.17, 15) is 4.79 Å². The number of aryl methyl sites for hydroxylation is 1. The molecule has 2 rings (SSSR count). The number of nitrogens with one attached hydrogen (secondary N) is 1. The quantitative estimate of drug-likeness (QED) is 0.857. The Bertz CT molecular complexity index is 384. The number of carbonyl (C=O) groups is 1. The Hall–Kier alpha value is -1.35. The molecule has 0 saturated carbocycles. The van der Waals surface area contributed by atoms with Gasteiger partial charge in [-0.3, -0.25) is 9.69 Å². The van der Waals surface area contributed by atoms with Gasteiger partial charge in [-0.2, -0.15) is 0 Å². The van der Waals surface area contributed by atoms with Gasteiger partial charge in [0, 0.05) is 6.54 Å². The molecule has 1 aromatic rings. The van der Waals surface area contributed by atoms with Crippen LogP contribution >= 0.6 is 0 Å². The Morgan fingerprint density at radius 3 is 2.71 bits per heavy atom. The zero-order valence-corrected chi connectivity index (χ0v) is 10.4. The summed E-state index contributed by atoms with van der Waals surface area (Å²) < 4.78 is 0. The van der Waals surface area contributed by atoms with E-state index < -0.39 is 0 Å². The summed E-state index contributed by atoms with van der Waals surface area (Å²) in [6.45, 7) is 5.39. The second-order valence-electron chi connectivity index (χ2n) is 4.69. The molecule has 1 aromatic carbocycles. The third kappa shape index (κ3) is 3.56. The maximum absolute atomic E-state index is 11.7. The predicted molar refractivity (Wildman–Crippen MR) is 68.7 cm³/mol. The van der Waals surface area contributed by atoms with E-state index >= 15 is 0 Å². The van der Waals surface area contributed by atoms with E-state index in [1.165, 1.54) is 24.0 Å². The van der Waals surface area contributed by atoms with E-state index in [1.807, 2.05) is 12.1 Å². The van der Waals surface area contributed by atoms with Gasteiger partial charge in [0.15, 0.2) is 0 Å². The van der Waals surface area contributed by atoms with Crippen LogP contribution in [-0.4, -0.2) is 30.4 Å². The summed E-state index contributed by atoms with van der Waals surface area (Å²) in [4.78, 5) is 13.9. The van der Waals surface area contributed by atoms with Gasteiger partial charge >= 0.3 is 0 Å². The third-order valence-corrected chi connectivity index (χ3v) is 3.30. The molecule has 0 unspecified atom stereocenters. The minimum absolute atomic E-state index is 0.134. The molecular formula is C14H20N2O. The summed E-state index contributed by atoms with van der Waals surface area (Å²) in [5, 5.41) is 2.99. The number of nitrogens with zero attached hydrogens (tertiary/aromatic N) is 1. The summed E-state index contributed by atoms with van der Waals surface area (Å²) in [6, 6.07) is 8.16. The largest absolute Gasteiger partial charge is 0.351 e. The van der Waals surface area contributed by atoms with Crippen LogP contribution in [0.2, 0.25) is 0 Å². The first-order valence-corrected chi connectivity index (χ1v) is 6.29. The van der Waals surface area contributed by atoms with Crippen LogP contribution in [0.1, 0.15) is 24.0 Å². The van der Waals surface area contributed by atoms with Crippen molar-refractivity contribution in [1.29, 1.82) is 0 Å². The zero-order valence-electron chi connectivity index (χ0n) is 10.4. The van der Waals surface area contributed by atoms with Crippen molar-refractivity contribution in [2.75, 3.05) is 19.6 Å². The fourth-order valence-electron chi connectivity index (χ4n) is 2.20. The van der Waals surface area contributed by atoms with Crippen molar-refractivity contribution in [2.24, 2.45) is 0 Å². The predicted octanol–water partition coefficient (Wildman–Crippen LogP) is 1.71. The van der Waals surface area contributed by atoms with Crippen molar-refractivity contribution in [1.82, 2.24) is 10.2 Å². The molecule has 3 heteroatoms. The molecule has 0 bridgehead atoms. The average molecular weight is 232 g/mol. The van der Waals surface area contributed by atoms with Gasteiger partial charge in [0.05, 0.1) is 6.54 Å². The molecule has 0 radical (unpaired) electrons. The van der Waals surface area contributed by atoms with Crippen molar-refractivity contribution < 1.29 is 4.79 Å². The third-order valence-electron chi connectivity index (χ3n) is 3.30. The van der Waals surface area contributed by atoms with Crippen molar-refractivity contribution in [3.05, 3.63) is 35.4 Å². The molecule has 1 amide bonds. The minimum Gasteiger partial charge on any atom is -0.351 e. The van der Waals surface area contributed by atoms with Crippen molar-refractivity contribution >= 4 is 5.91 Å². The maximum atomic E-state index is 11.7. The van der Waals surface area contributed by atoms with E-state index in [2.05, 4.69) is 29.3 Å². The highest BCUT2D eigenvalue weighted by atomic mass is 16.2. The minimum atomic E-state index is 0.134. The van der Waals surface area contributed by atoms with Gasteiger partial charge in [-0.25, -0.2) is 0 Å². The van der Waals surface area contributed by atoms with Gasteiger partial charge in [-0.05, 0) is 44.0 Å². The van der Waals surface area contributed by atoms with Crippen LogP contribution in [0, 0.1) is 6.92 Å².